The molecule has 120 valence electrons. The monoisotopic (exact) mass is 348 g/mol. The number of hydrogen-bond donors (Lipinski definition) is 0. The van der Waals surface area contributed by atoms with Crippen molar-refractivity contribution >= 4 is 32.0 Å². The number of nitrogens with zero attached hydrogens (tertiary/aromatic N) is 1. The first kappa shape index (κ1) is 15.9. The molecule has 1 unspecified atom stereocenters. The molecule has 0 aliphatic carbocycles. The van der Waals surface area contributed by atoms with Crippen LogP contribution >= 0.6 is 0 Å². The van der Waals surface area contributed by atoms with Crippen molar-refractivity contribution < 1.29 is 17.2 Å². The van der Waals surface area contributed by atoms with Crippen molar-refractivity contribution in [2.24, 2.45) is 0 Å². The summed E-state index contributed by atoms with van der Waals surface area (Å²) in [5.74, 6) is 0. The Morgan fingerprint density at radius 1 is 1.09 bits per heavy atom. The summed E-state index contributed by atoms with van der Waals surface area (Å²) in [5.41, 5.74) is 1.30. The minimum absolute atomic E-state index is 0.0473. The van der Waals surface area contributed by atoms with Gasteiger partial charge < -0.3 is 4.55 Å². The van der Waals surface area contributed by atoms with Crippen LogP contribution in [0.5, 0.6) is 0 Å². The summed E-state index contributed by atoms with van der Waals surface area (Å²) in [6, 6.07) is 14.5. The molecule has 7 heteroatoms. The van der Waals surface area contributed by atoms with Gasteiger partial charge in [0.25, 0.3) is 10.0 Å². The van der Waals surface area contributed by atoms with Gasteiger partial charge in [0, 0.05) is 5.39 Å². The van der Waals surface area contributed by atoms with Crippen LogP contribution in [0.25, 0.3) is 10.9 Å². The Balaban J connectivity index is 2.39. The van der Waals surface area contributed by atoms with E-state index in [0.717, 1.165) is 16.0 Å². The molecule has 2 aromatic carbocycles. The number of benzene rings is 2. The maximum Gasteiger partial charge on any atom is 0.269 e. The first-order chi connectivity index (χ1) is 10.9. The summed E-state index contributed by atoms with van der Waals surface area (Å²) in [7, 11) is -4.00. The summed E-state index contributed by atoms with van der Waals surface area (Å²) < 4.78 is 49.8. The fraction of sp³-hybridized carbons (Fsp3) is 0.125. The van der Waals surface area contributed by atoms with Gasteiger partial charge in [0.1, 0.15) is 5.03 Å². The maximum atomic E-state index is 12.9. The number of rotatable bonds is 4. The Bertz CT molecular complexity index is 992. The Morgan fingerprint density at radius 2 is 1.78 bits per heavy atom. The van der Waals surface area contributed by atoms with Gasteiger partial charge in [0.05, 0.1) is 10.4 Å². The molecule has 0 aliphatic rings. The SMILES string of the molecule is CCc1ccc2cc(S(=O)[O-])n(S(=O)(=O)c3ccccc3)c2c1. The molecule has 0 radical (unpaired) electrons. The minimum Gasteiger partial charge on any atom is -0.767 e. The lowest BCUT2D eigenvalue weighted by molar-refractivity contribution is 0.529. The molecule has 0 fully saturated rings. The quantitative estimate of drug-likeness (QED) is 0.679. The molecule has 0 bridgehead atoms. The normalized spacial score (nSPS) is 13.3. The predicted molar refractivity (Wildman–Crippen MR) is 87.5 cm³/mol. The van der Waals surface area contributed by atoms with Crippen LogP contribution in [-0.2, 0) is 27.5 Å². The van der Waals surface area contributed by atoms with E-state index < -0.39 is 21.1 Å². The van der Waals surface area contributed by atoms with Crippen LogP contribution in [0, 0.1) is 0 Å². The minimum atomic E-state index is -4.00. The second-order valence-corrected chi connectivity index (χ2v) is 7.72. The zero-order valence-electron chi connectivity index (χ0n) is 12.3. The molecule has 1 aromatic heterocycles. The van der Waals surface area contributed by atoms with Crippen molar-refractivity contribution in [2.45, 2.75) is 23.3 Å². The van der Waals surface area contributed by atoms with E-state index in [1.54, 1.807) is 30.3 Å². The van der Waals surface area contributed by atoms with E-state index in [-0.39, 0.29) is 9.92 Å². The van der Waals surface area contributed by atoms with E-state index in [2.05, 4.69) is 0 Å². The lowest BCUT2D eigenvalue weighted by Crippen LogP contribution is -2.16. The van der Waals surface area contributed by atoms with E-state index in [0.29, 0.717) is 10.9 Å². The second kappa shape index (κ2) is 5.92. The molecule has 0 amide bonds. The summed E-state index contributed by atoms with van der Waals surface area (Å²) in [4.78, 5) is 0.0473. The molecule has 0 saturated heterocycles. The van der Waals surface area contributed by atoms with E-state index >= 15 is 0 Å². The van der Waals surface area contributed by atoms with Crippen LogP contribution in [0.1, 0.15) is 12.5 Å². The smallest absolute Gasteiger partial charge is 0.269 e. The third kappa shape index (κ3) is 2.71. The standard InChI is InChI=1S/C16H15NO4S2/c1-2-12-8-9-13-11-16(22(18)19)17(15(13)10-12)23(20,21)14-6-4-3-5-7-14/h3-11H,2H2,1H3,(H,18,19)/p-1. The van der Waals surface area contributed by atoms with E-state index in [1.165, 1.54) is 18.2 Å². The molecule has 1 atom stereocenters. The van der Waals surface area contributed by atoms with Crippen LogP contribution in [0.4, 0.5) is 0 Å². The molecular formula is C16H14NO4S2-. The third-order valence-electron chi connectivity index (χ3n) is 3.65. The van der Waals surface area contributed by atoms with E-state index in [1.807, 2.05) is 13.0 Å². The Morgan fingerprint density at radius 3 is 2.39 bits per heavy atom. The van der Waals surface area contributed by atoms with Crippen molar-refractivity contribution in [3.8, 4) is 0 Å². The van der Waals surface area contributed by atoms with Crippen LogP contribution < -0.4 is 0 Å². The average molecular weight is 348 g/mol. The van der Waals surface area contributed by atoms with Gasteiger partial charge in [0.2, 0.25) is 0 Å². The molecule has 1 heterocycles. The van der Waals surface area contributed by atoms with E-state index in [9.17, 15) is 17.2 Å². The Kier molecular flexibility index (Phi) is 4.09. The molecule has 3 rings (SSSR count). The Hall–Kier alpha value is -1.96. The van der Waals surface area contributed by atoms with Crippen LogP contribution in [0.15, 0.2) is 64.5 Å². The molecule has 0 aliphatic heterocycles. The van der Waals surface area contributed by atoms with Gasteiger partial charge in [-0.1, -0.05) is 37.3 Å². The van der Waals surface area contributed by atoms with Gasteiger partial charge in [-0.15, -0.1) is 0 Å². The summed E-state index contributed by atoms with van der Waals surface area (Å²) in [6.45, 7) is 1.95. The maximum absolute atomic E-state index is 12.9. The number of aryl methyl sites for hydroxylation is 1. The molecule has 23 heavy (non-hydrogen) atoms. The highest BCUT2D eigenvalue weighted by molar-refractivity contribution is 7.90. The fourth-order valence-electron chi connectivity index (χ4n) is 2.48. The third-order valence-corrected chi connectivity index (χ3v) is 6.15. The van der Waals surface area contributed by atoms with Crippen molar-refractivity contribution in [3.63, 3.8) is 0 Å². The van der Waals surface area contributed by atoms with Gasteiger partial charge in [-0.3, -0.25) is 4.21 Å². The van der Waals surface area contributed by atoms with Gasteiger partial charge >= 0.3 is 0 Å². The van der Waals surface area contributed by atoms with Crippen LogP contribution in [-0.4, -0.2) is 21.2 Å². The second-order valence-electron chi connectivity index (χ2n) is 5.05. The van der Waals surface area contributed by atoms with Crippen molar-refractivity contribution in [2.75, 3.05) is 0 Å². The van der Waals surface area contributed by atoms with E-state index in [4.69, 9.17) is 0 Å². The highest BCUT2D eigenvalue weighted by Gasteiger charge is 2.23. The summed E-state index contributed by atoms with van der Waals surface area (Å²) in [6.07, 6.45) is 0.725. The van der Waals surface area contributed by atoms with Gasteiger partial charge in [-0.05, 0) is 47.3 Å². The molecule has 0 saturated carbocycles. The zero-order chi connectivity index (χ0) is 16.6. The van der Waals surface area contributed by atoms with Crippen molar-refractivity contribution in [1.29, 1.82) is 0 Å². The average Bonchev–Trinajstić information content (AvgIpc) is 2.95. The predicted octanol–water partition coefficient (Wildman–Crippen LogP) is 2.68. The first-order valence-corrected chi connectivity index (χ1v) is 9.51. The van der Waals surface area contributed by atoms with Crippen molar-refractivity contribution in [1.82, 2.24) is 3.97 Å². The lowest BCUT2D eigenvalue weighted by Gasteiger charge is -2.13. The molecular weight excluding hydrogens is 334 g/mol. The van der Waals surface area contributed by atoms with Crippen molar-refractivity contribution in [3.05, 3.63) is 60.2 Å². The zero-order valence-corrected chi connectivity index (χ0v) is 13.9. The molecule has 5 nitrogen and oxygen atoms in total. The Labute approximate surface area is 136 Å². The van der Waals surface area contributed by atoms with Crippen LogP contribution in [0.2, 0.25) is 0 Å². The molecule has 3 aromatic rings. The number of fused-ring (bicyclic) bond motifs is 1. The van der Waals surface area contributed by atoms with Gasteiger partial charge in [-0.2, -0.15) is 0 Å². The largest absolute Gasteiger partial charge is 0.767 e. The van der Waals surface area contributed by atoms with Gasteiger partial charge in [0.15, 0.2) is 0 Å². The molecule has 0 spiro atoms. The fourth-order valence-corrected chi connectivity index (χ4v) is 4.83. The topological polar surface area (TPSA) is 79.2 Å². The number of hydrogen-bond acceptors (Lipinski definition) is 4. The lowest BCUT2D eigenvalue weighted by atomic mass is 10.1. The number of aromatic nitrogens is 1. The summed E-state index contributed by atoms with van der Waals surface area (Å²) >= 11 is -2.67. The summed E-state index contributed by atoms with van der Waals surface area (Å²) in [5, 5.41) is 0.304. The highest BCUT2D eigenvalue weighted by Crippen LogP contribution is 2.28. The first-order valence-electron chi connectivity index (χ1n) is 6.99. The highest BCUT2D eigenvalue weighted by atomic mass is 32.2. The van der Waals surface area contributed by atoms with Gasteiger partial charge in [-0.25, -0.2) is 12.4 Å². The van der Waals surface area contributed by atoms with Crippen LogP contribution in [0.3, 0.4) is 0 Å². The molecule has 0 N–H and O–H groups in total.